The zero-order valence-electron chi connectivity index (χ0n) is 16.9. The normalized spacial score (nSPS) is 22.1. The van der Waals surface area contributed by atoms with E-state index < -0.39 is 0 Å². The lowest BCUT2D eigenvalue weighted by atomic mass is 10.0. The van der Waals surface area contributed by atoms with Gasteiger partial charge >= 0.3 is 6.01 Å². The summed E-state index contributed by atoms with van der Waals surface area (Å²) < 4.78 is 5.84. The summed E-state index contributed by atoms with van der Waals surface area (Å²) in [7, 11) is 0. The van der Waals surface area contributed by atoms with E-state index in [1.165, 1.54) is 5.56 Å². The number of aromatic nitrogens is 2. The molecule has 2 saturated heterocycles. The molecule has 0 aliphatic carbocycles. The Bertz CT molecular complexity index is 902. The fraction of sp³-hybridized carbons (Fsp3) is 0.455. The third-order valence-corrected chi connectivity index (χ3v) is 5.78. The number of hydrogen-bond acceptors (Lipinski definition) is 5. The molecule has 0 radical (unpaired) electrons. The lowest BCUT2D eigenvalue weighted by Crippen LogP contribution is -2.47. The molecule has 0 bridgehead atoms. The van der Waals surface area contributed by atoms with Gasteiger partial charge in [0.15, 0.2) is 0 Å². The highest BCUT2D eigenvalue weighted by atomic mass is 16.5. The van der Waals surface area contributed by atoms with Crippen molar-refractivity contribution >= 4 is 17.5 Å². The van der Waals surface area contributed by atoms with Crippen molar-refractivity contribution in [3.05, 3.63) is 47.8 Å². The van der Waals surface area contributed by atoms with Crippen molar-refractivity contribution in [3.63, 3.8) is 0 Å². The van der Waals surface area contributed by atoms with Crippen LogP contribution in [-0.2, 0) is 9.59 Å². The van der Waals surface area contributed by atoms with Crippen LogP contribution < -0.4 is 9.64 Å². The topological polar surface area (TPSA) is 75.6 Å². The predicted molar refractivity (Wildman–Crippen MR) is 109 cm³/mol. The molecule has 2 atom stereocenters. The van der Waals surface area contributed by atoms with Gasteiger partial charge in [0.25, 0.3) is 0 Å². The number of amides is 2. The van der Waals surface area contributed by atoms with E-state index in [1.54, 1.807) is 23.4 Å². The minimum absolute atomic E-state index is 0.00842. The molecule has 2 aliphatic heterocycles. The van der Waals surface area contributed by atoms with Gasteiger partial charge in [0.2, 0.25) is 11.8 Å². The maximum absolute atomic E-state index is 13.1. The van der Waals surface area contributed by atoms with Crippen LogP contribution in [0.3, 0.4) is 0 Å². The third-order valence-electron chi connectivity index (χ3n) is 5.78. The minimum Gasteiger partial charge on any atom is -0.458 e. The molecule has 4 rings (SSSR count). The summed E-state index contributed by atoms with van der Waals surface area (Å²) in [5, 5.41) is 0. The van der Waals surface area contributed by atoms with Crippen molar-refractivity contribution < 1.29 is 14.3 Å². The molecule has 1 aromatic heterocycles. The van der Waals surface area contributed by atoms with Gasteiger partial charge in [-0.2, -0.15) is 0 Å². The van der Waals surface area contributed by atoms with E-state index in [-0.39, 0.29) is 30.3 Å². The summed E-state index contributed by atoms with van der Waals surface area (Å²) in [6.45, 7) is 5.72. The first-order valence-electron chi connectivity index (χ1n) is 10.1. The highest BCUT2D eigenvalue weighted by molar-refractivity contribution is 6.00. The van der Waals surface area contributed by atoms with Crippen LogP contribution >= 0.6 is 0 Å². The van der Waals surface area contributed by atoms with E-state index in [0.29, 0.717) is 25.6 Å². The van der Waals surface area contributed by atoms with Gasteiger partial charge in [0.05, 0.1) is 12.5 Å². The van der Waals surface area contributed by atoms with E-state index in [0.717, 1.165) is 24.1 Å². The Morgan fingerprint density at radius 1 is 1.14 bits per heavy atom. The second-order valence-electron chi connectivity index (χ2n) is 7.87. The van der Waals surface area contributed by atoms with E-state index >= 15 is 0 Å². The fourth-order valence-electron chi connectivity index (χ4n) is 4.00. The van der Waals surface area contributed by atoms with Crippen LogP contribution in [0, 0.1) is 19.8 Å². The number of rotatable bonds is 4. The van der Waals surface area contributed by atoms with Gasteiger partial charge in [-0.1, -0.05) is 6.07 Å². The van der Waals surface area contributed by atoms with Crippen LogP contribution in [0.25, 0.3) is 0 Å². The SMILES string of the molecule is Cc1ccc(N2CC(C(=O)N3CCCC(Oc4ncccn4)C3)CC2=O)cc1C. The van der Waals surface area contributed by atoms with Crippen molar-refractivity contribution in [3.8, 4) is 6.01 Å². The van der Waals surface area contributed by atoms with E-state index in [4.69, 9.17) is 4.74 Å². The molecule has 2 unspecified atom stereocenters. The Kier molecular flexibility index (Phi) is 5.47. The van der Waals surface area contributed by atoms with Gasteiger partial charge < -0.3 is 14.5 Å². The molecular formula is C22H26N4O3. The molecule has 7 heteroatoms. The van der Waals surface area contributed by atoms with Crippen LogP contribution in [0.15, 0.2) is 36.7 Å². The molecular weight excluding hydrogens is 368 g/mol. The molecule has 29 heavy (non-hydrogen) atoms. The quantitative estimate of drug-likeness (QED) is 0.797. The van der Waals surface area contributed by atoms with Crippen molar-refractivity contribution in [2.75, 3.05) is 24.5 Å². The van der Waals surface area contributed by atoms with Crippen LogP contribution in [0.5, 0.6) is 6.01 Å². The molecule has 152 valence electrons. The van der Waals surface area contributed by atoms with Crippen molar-refractivity contribution in [2.45, 2.75) is 39.2 Å². The zero-order chi connectivity index (χ0) is 20.4. The van der Waals surface area contributed by atoms with E-state index in [9.17, 15) is 9.59 Å². The summed E-state index contributed by atoms with van der Waals surface area (Å²) >= 11 is 0. The van der Waals surface area contributed by atoms with Crippen molar-refractivity contribution in [1.82, 2.24) is 14.9 Å². The number of carbonyl (C=O) groups is 2. The first-order chi connectivity index (χ1) is 14.0. The lowest BCUT2D eigenvalue weighted by molar-refractivity contribution is -0.138. The molecule has 2 fully saturated rings. The second-order valence-corrected chi connectivity index (χ2v) is 7.87. The summed E-state index contributed by atoms with van der Waals surface area (Å²) in [4.78, 5) is 37.5. The van der Waals surface area contributed by atoms with Gasteiger partial charge in [-0.15, -0.1) is 0 Å². The minimum atomic E-state index is -0.309. The Hall–Kier alpha value is -2.96. The number of ether oxygens (including phenoxy) is 1. The average molecular weight is 394 g/mol. The molecule has 1 aromatic carbocycles. The molecule has 0 N–H and O–H groups in total. The molecule has 2 aliphatic rings. The smallest absolute Gasteiger partial charge is 0.316 e. The van der Waals surface area contributed by atoms with Crippen LogP contribution in [-0.4, -0.2) is 52.4 Å². The number of piperidine rings is 1. The summed E-state index contributed by atoms with van der Waals surface area (Å²) in [5.41, 5.74) is 3.20. The molecule has 2 aromatic rings. The molecule has 2 amide bonds. The highest BCUT2D eigenvalue weighted by Crippen LogP contribution is 2.29. The Labute approximate surface area is 170 Å². The number of aryl methyl sites for hydroxylation is 2. The molecule has 7 nitrogen and oxygen atoms in total. The number of likely N-dealkylation sites (tertiary alicyclic amines) is 1. The Morgan fingerprint density at radius 3 is 2.69 bits per heavy atom. The van der Waals surface area contributed by atoms with Crippen molar-refractivity contribution in [1.29, 1.82) is 0 Å². The first kappa shape index (κ1) is 19.4. The summed E-state index contributed by atoms with van der Waals surface area (Å²) in [6.07, 6.45) is 5.14. The van der Waals surface area contributed by atoms with Gasteiger partial charge in [-0.25, -0.2) is 9.97 Å². The maximum Gasteiger partial charge on any atom is 0.316 e. The predicted octanol–water partition coefficient (Wildman–Crippen LogP) is 2.52. The van der Waals surface area contributed by atoms with Crippen LogP contribution in [0.1, 0.15) is 30.4 Å². The fourth-order valence-corrected chi connectivity index (χ4v) is 4.00. The van der Waals surface area contributed by atoms with E-state index in [1.807, 2.05) is 36.9 Å². The largest absolute Gasteiger partial charge is 0.458 e. The number of anilines is 1. The standard InChI is InChI=1S/C22H26N4O3/c1-15-6-7-18(11-16(15)2)26-13-17(12-20(26)27)21(28)25-10-3-5-19(14-25)29-22-23-8-4-9-24-22/h4,6-9,11,17,19H,3,5,10,12-14H2,1-2H3. The lowest BCUT2D eigenvalue weighted by Gasteiger charge is -2.33. The zero-order valence-corrected chi connectivity index (χ0v) is 16.9. The first-order valence-corrected chi connectivity index (χ1v) is 10.1. The number of nitrogens with zero attached hydrogens (tertiary/aromatic N) is 4. The summed E-state index contributed by atoms with van der Waals surface area (Å²) in [6, 6.07) is 8.07. The second kappa shape index (κ2) is 8.19. The van der Waals surface area contributed by atoms with Gasteiger partial charge in [0, 0.05) is 37.6 Å². The number of benzene rings is 1. The number of hydrogen-bond donors (Lipinski definition) is 0. The van der Waals surface area contributed by atoms with Gasteiger partial charge in [-0.3, -0.25) is 9.59 Å². The third kappa shape index (κ3) is 4.23. The number of carbonyl (C=O) groups excluding carboxylic acids is 2. The van der Waals surface area contributed by atoms with Crippen molar-refractivity contribution in [2.24, 2.45) is 5.92 Å². The maximum atomic E-state index is 13.1. The highest BCUT2D eigenvalue weighted by Gasteiger charge is 2.38. The van der Waals surface area contributed by atoms with E-state index in [2.05, 4.69) is 9.97 Å². The Balaban J connectivity index is 1.40. The molecule has 0 saturated carbocycles. The van der Waals surface area contributed by atoms with Crippen LogP contribution in [0.4, 0.5) is 5.69 Å². The molecule has 3 heterocycles. The van der Waals surface area contributed by atoms with Gasteiger partial charge in [-0.05, 0) is 56.0 Å². The monoisotopic (exact) mass is 394 g/mol. The summed E-state index contributed by atoms with van der Waals surface area (Å²) in [5.74, 6) is -0.267. The Morgan fingerprint density at radius 2 is 1.93 bits per heavy atom. The van der Waals surface area contributed by atoms with Gasteiger partial charge in [0.1, 0.15) is 6.10 Å². The van der Waals surface area contributed by atoms with Crippen LogP contribution in [0.2, 0.25) is 0 Å². The average Bonchev–Trinajstić information content (AvgIpc) is 3.12. The molecule has 0 spiro atoms.